The zero-order valence-electron chi connectivity index (χ0n) is 19.2. The largest absolute Gasteiger partial charge is 0.508 e. The highest BCUT2D eigenvalue weighted by atomic mass is 16.5. The summed E-state index contributed by atoms with van der Waals surface area (Å²) in [4.78, 5) is 6.53. The number of benzene rings is 2. The second-order valence-corrected chi connectivity index (χ2v) is 8.62. The number of aromatic hydroxyl groups is 2. The molecule has 0 aliphatic carbocycles. The first-order valence-corrected chi connectivity index (χ1v) is 11.4. The van der Waals surface area contributed by atoms with Gasteiger partial charge in [-0.15, -0.1) is 10.2 Å². The van der Waals surface area contributed by atoms with Gasteiger partial charge in [0.05, 0.1) is 18.8 Å². The Bertz CT molecular complexity index is 1280. The Morgan fingerprint density at radius 3 is 2.26 bits per heavy atom. The molecule has 2 N–H and O–H groups in total. The molecule has 8 nitrogen and oxygen atoms in total. The van der Waals surface area contributed by atoms with E-state index in [1.54, 1.807) is 18.5 Å². The predicted octanol–water partition coefficient (Wildman–Crippen LogP) is 4.37. The average Bonchev–Trinajstić information content (AvgIpc) is 3.30. The Hall–Kier alpha value is -3.91. The lowest BCUT2D eigenvalue weighted by Gasteiger charge is -2.29. The Morgan fingerprint density at radius 2 is 1.59 bits per heavy atom. The van der Waals surface area contributed by atoms with Gasteiger partial charge >= 0.3 is 0 Å². The standard InChI is InChI=1S/C26H27N5O3/c1-17(2)21-14-22(24(33)15-23(21)32)26-29-28-25(18-4-3-9-27-16-18)31(26)20-7-5-19(6-8-20)30-10-12-34-13-11-30/h3-9,14-17,32-33H,10-13H2,1-2H3. The van der Waals surface area contributed by atoms with Gasteiger partial charge in [0, 0.05) is 48.5 Å². The molecule has 1 fully saturated rings. The fourth-order valence-corrected chi connectivity index (χ4v) is 4.25. The smallest absolute Gasteiger partial charge is 0.172 e. The van der Waals surface area contributed by atoms with Crippen molar-refractivity contribution in [3.63, 3.8) is 0 Å². The van der Waals surface area contributed by atoms with Gasteiger partial charge in [-0.05, 0) is 53.9 Å². The summed E-state index contributed by atoms with van der Waals surface area (Å²) < 4.78 is 7.38. The van der Waals surface area contributed by atoms with Crippen LogP contribution in [0.25, 0.3) is 28.5 Å². The Balaban J connectivity index is 1.65. The molecule has 1 aliphatic heterocycles. The maximum atomic E-state index is 10.7. The fourth-order valence-electron chi connectivity index (χ4n) is 4.25. The number of rotatable bonds is 5. The lowest BCUT2D eigenvalue weighted by Crippen LogP contribution is -2.36. The Labute approximate surface area is 198 Å². The first-order valence-electron chi connectivity index (χ1n) is 11.4. The molecule has 0 atom stereocenters. The number of morpholine rings is 1. The summed E-state index contributed by atoms with van der Waals surface area (Å²) in [5.41, 5.74) is 4.02. The molecule has 2 aromatic heterocycles. The van der Waals surface area contributed by atoms with Gasteiger partial charge in [-0.3, -0.25) is 9.55 Å². The van der Waals surface area contributed by atoms with Crippen LogP contribution in [0.1, 0.15) is 25.3 Å². The number of hydrogen-bond acceptors (Lipinski definition) is 7. The van der Waals surface area contributed by atoms with Crippen molar-refractivity contribution in [2.75, 3.05) is 31.2 Å². The number of aromatic nitrogens is 4. The Morgan fingerprint density at radius 1 is 0.882 bits per heavy atom. The molecule has 1 saturated heterocycles. The van der Waals surface area contributed by atoms with Crippen molar-refractivity contribution in [1.29, 1.82) is 0 Å². The van der Waals surface area contributed by atoms with E-state index in [0.29, 0.717) is 17.2 Å². The van der Waals surface area contributed by atoms with E-state index >= 15 is 0 Å². The molecule has 0 amide bonds. The molecule has 0 saturated carbocycles. The van der Waals surface area contributed by atoms with E-state index in [0.717, 1.165) is 48.8 Å². The third-order valence-corrected chi connectivity index (χ3v) is 6.07. The number of nitrogens with zero attached hydrogens (tertiary/aromatic N) is 5. The minimum Gasteiger partial charge on any atom is -0.508 e. The van der Waals surface area contributed by atoms with Gasteiger partial charge < -0.3 is 19.8 Å². The summed E-state index contributed by atoms with van der Waals surface area (Å²) in [6.45, 7) is 7.15. The summed E-state index contributed by atoms with van der Waals surface area (Å²) >= 11 is 0. The van der Waals surface area contributed by atoms with Crippen molar-refractivity contribution < 1.29 is 14.9 Å². The van der Waals surface area contributed by atoms with Gasteiger partial charge in [-0.1, -0.05) is 13.8 Å². The number of ether oxygens (including phenoxy) is 1. The van der Waals surface area contributed by atoms with E-state index in [1.165, 1.54) is 6.07 Å². The molecular formula is C26H27N5O3. The average molecular weight is 458 g/mol. The van der Waals surface area contributed by atoms with Crippen LogP contribution in [-0.4, -0.2) is 56.3 Å². The maximum absolute atomic E-state index is 10.7. The van der Waals surface area contributed by atoms with Crippen molar-refractivity contribution in [3.05, 3.63) is 66.5 Å². The summed E-state index contributed by atoms with van der Waals surface area (Å²) in [5.74, 6) is 1.17. The van der Waals surface area contributed by atoms with Gasteiger partial charge in [0.15, 0.2) is 11.6 Å². The first-order chi connectivity index (χ1) is 16.5. The molecule has 174 valence electrons. The number of phenolic OH excluding ortho intramolecular Hbond substituents is 2. The van der Waals surface area contributed by atoms with Gasteiger partial charge in [-0.25, -0.2) is 0 Å². The first kappa shape index (κ1) is 21.9. The van der Waals surface area contributed by atoms with Crippen molar-refractivity contribution >= 4 is 5.69 Å². The van der Waals surface area contributed by atoms with Gasteiger partial charge in [0.25, 0.3) is 0 Å². The molecule has 0 unspecified atom stereocenters. The van der Waals surface area contributed by atoms with Crippen molar-refractivity contribution in [2.24, 2.45) is 0 Å². The van der Waals surface area contributed by atoms with E-state index < -0.39 is 0 Å². The quantitative estimate of drug-likeness (QED) is 0.459. The second-order valence-electron chi connectivity index (χ2n) is 8.62. The molecule has 4 aromatic rings. The SMILES string of the molecule is CC(C)c1cc(-c2nnc(-c3cccnc3)n2-c2ccc(N3CCOCC3)cc2)c(O)cc1O. The lowest BCUT2D eigenvalue weighted by atomic mass is 9.98. The van der Waals surface area contributed by atoms with Crippen molar-refractivity contribution in [2.45, 2.75) is 19.8 Å². The normalized spacial score (nSPS) is 14.0. The van der Waals surface area contributed by atoms with Crippen LogP contribution in [0.4, 0.5) is 5.69 Å². The van der Waals surface area contributed by atoms with Gasteiger partial charge in [0.1, 0.15) is 11.5 Å². The third kappa shape index (κ3) is 4.08. The minimum absolute atomic E-state index is 0.0572. The summed E-state index contributed by atoms with van der Waals surface area (Å²) in [6.07, 6.45) is 3.45. The summed E-state index contributed by atoms with van der Waals surface area (Å²) in [7, 11) is 0. The number of phenols is 2. The van der Waals surface area contributed by atoms with E-state index in [4.69, 9.17) is 4.74 Å². The van der Waals surface area contributed by atoms with Crippen LogP contribution >= 0.6 is 0 Å². The molecule has 3 heterocycles. The molecule has 5 rings (SSSR count). The highest BCUT2D eigenvalue weighted by molar-refractivity contribution is 5.72. The zero-order valence-corrected chi connectivity index (χ0v) is 19.2. The summed E-state index contributed by atoms with van der Waals surface area (Å²) in [6, 6.07) is 15.1. The highest BCUT2D eigenvalue weighted by Crippen LogP contribution is 2.39. The van der Waals surface area contributed by atoms with Crippen LogP contribution in [0.15, 0.2) is 60.9 Å². The van der Waals surface area contributed by atoms with Crippen molar-refractivity contribution in [1.82, 2.24) is 19.7 Å². The number of hydrogen-bond donors (Lipinski definition) is 2. The van der Waals surface area contributed by atoms with Crippen LogP contribution < -0.4 is 4.90 Å². The van der Waals surface area contributed by atoms with Crippen LogP contribution in [0.2, 0.25) is 0 Å². The Kier molecular flexibility index (Phi) is 5.90. The van der Waals surface area contributed by atoms with Crippen LogP contribution in [-0.2, 0) is 4.74 Å². The van der Waals surface area contributed by atoms with Gasteiger partial charge in [0.2, 0.25) is 0 Å². The minimum atomic E-state index is -0.0572. The van der Waals surface area contributed by atoms with Crippen LogP contribution in [0, 0.1) is 0 Å². The predicted molar refractivity (Wildman–Crippen MR) is 130 cm³/mol. The second kappa shape index (κ2) is 9.15. The van der Waals surface area contributed by atoms with E-state index in [2.05, 4.69) is 32.2 Å². The molecule has 8 heteroatoms. The topological polar surface area (TPSA) is 96.5 Å². The molecule has 0 bridgehead atoms. The third-order valence-electron chi connectivity index (χ3n) is 6.07. The molecule has 0 radical (unpaired) electrons. The molecule has 34 heavy (non-hydrogen) atoms. The maximum Gasteiger partial charge on any atom is 0.172 e. The van der Waals surface area contributed by atoms with E-state index in [9.17, 15) is 10.2 Å². The van der Waals surface area contributed by atoms with Gasteiger partial charge in [-0.2, -0.15) is 0 Å². The van der Waals surface area contributed by atoms with Crippen LogP contribution in [0.5, 0.6) is 11.5 Å². The fraction of sp³-hybridized carbons (Fsp3) is 0.269. The van der Waals surface area contributed by atoms with E-state index in [1.807, 2.05) is 42.7 Å². The molecular weight excluding hydrogens is 430 g/mol. The number of anilines is 1. The molecule has 2 aromatic carbocycles. The highest BCUT2D eigenvalue weighted by Gasteiger charge is 2.22. The lowest BCUT2D eigenvalue weighted by molar-refractivity contribution is 0.122. The molecule has 1 aliphatic rings. The van der Waals surface area contributed by atoms with Crippen LogP contribution in [0.3, 0.4) is 0 Å². The summed E-state index contributed by atoms with van der Waals surface area (Å²) in [5, 5.41) is 30.0. The monoisotopic (exact) mass is 457 g/mol. The molecule has 0 spiro atoms. The van der Waals surface area contributed by atoms with Crippen molar-refractivity contribution in [3.8, 4) is 40.0 Å². The zero-order chi connectivity index (χ0) is 23.7. The van der Waals surface area contributed by atoms with E-state index in [-0.39, 0.29) is 17.4 Å². The number of pyridine rings is 1.